The average Bonchev–Trinajstić information content (AvgIpc) is 3.35. The van der Waals surface area contributed by atoms with Gasteiger partial charge in [0, 0.05) is 35.2 Å². The number of benzene rings is 3. The second kappa shape index (κ2) is 6.95. The molecule has 6 rings (SSSR count). The number of para-hydroxylation sites is 1. The maximum absolute atomic E-state index is 13.9. The van der Waals surface area contributed by atoms with E-state index in [0.29, 0.717) is 6.54 Å². The lowest BCUT2D eigenvalue weighted by atomic mass is 10.0. The Morgan fingerprint density at radius 1 is 0.742 bits per heavy atom. The van der Waals surface area contributed by atoms with Crippen LogP contribution in [-0.2, 0) is 19.5 Å². The van der Waals surface area contributed by atoms with Crippen molar-refractivity contribution in [3.05, 3.63) is 108 Å². The summed E-state index contributed by atoms with van der Waals surface area (Å²) >= 11 is 0. The molecule has 0 spiro atoms. The van der Waals surface area contributed by atoms with Crippen LogP contribution in [0.3, 0.4) is 0 Å². The first kappa shape index (κ1) is 18.1. The zero-order valence-corrected chi connectivity index (χ0v) is 16.9. The lowest BCUT2D eigenvalue weighted by Crippen LogP contribution is -2.14. The smallest absolute Gasteiger partial charge is 0.123 e. The molecule has 2 nitrogen and oxygen atoms in total. The molecule has 152 valence electrons. The summed E-state index contributed by atoms with van der Waals surface area (Å²) < 4.78 is 31.9. The van der Waals surface area contributed by atoms with Gasteiger partial charge in [-0.2, -0.15) is 0 Å². The molecule has 0 saturated carbocycles. The fourth-order valence-corrected chi connectivity index (χ4v) is 4.90. The highest BCUT2D eigenvalue weighted by atomic mass is 19.1. The highest BCUT2D eigenvalue weighted by Crippen LogP contribution is 2.40. The molecule has 1 aliphatic rings. The van der Waals surface area contributed by atoms with E-state index in [0.717, 1.165) is 35.5 Å². The Labute approximate surface area is 179 Å². The first-order chi connectivity index (χ1) is 15.2. The van der Waals surface area contributed by atoms with Gasteiger partial charge in [-0.1, -0.05) is 42.5 Å². The van der Waals surface area contributed by atoms with Crippen LogP contribution >= 0.6 is 0 Å². The van der Waals surface area contributed by atoms with Gasteiger partial charge in [0.15, 0.2) is 0 Å². The van der Waals surface area contributed by atoms with Gasteiger partial charge in [0.2, 0.25) is 0 Å². The van der Waals surface area contributed by atoms with Crippen molar-refractivity contribution in [2.75, 3.05) is 0 Å². The first-order valence-corrected chi connectivity index (χ1v) is 10.5. The molecule has 3 aromatic carbocycles. The zero-order valence-electron chi connectivity index (χ0n) is 16.9. The van der Waals surface area contributed by atoms with Crippen molar-refractivity contribution < 1.29 is 8.78 Å². The second-order valence-electron chi connectivity index (χ2n) is 8.07. The molecule has 5 aromatic rings. The number of hydrogen-bond acceptors (Lipinski definition) is 0. The van der Waals surface area contributed by atoms with E-state index in [2.05, 4.69) is 45.5 Å². The van der Waals surface area contributed by atoms with Crippen LogP contribution in [0.5, 0.6) is 0 Å². The molecule has 1 aliphatic heterocycles. The van der Waals surface area contributed by atoms with Gasteiger partial charge in [0.25, 0.3) is 0 Å². The fourth-order valence-electron chi connectivity index (χ4n) is 4.90. The monoisotopic (exact) mass is 410 g/mol. The summed E-state index contributed by atoms with van der Waals surface area (Å²) in [7, 11) is 0. The second-order valence-corrected chi connectivity index (χ2v) is 8.07. The molecule has 0 amide bonds. The van der Waals surface area contributed by atoms with E-state index in [1.807, 2.05) is 18.2 Å². The number of hydrogen-bond donors (Lipinski definition) is 0. The van der Waals surface area contributed by atoms with E-state index >= 15 is 0 Å². The molecule has 31 heavy (non-hydrogen) atoms. The maximum atomic E-state index is 13.9. The average molecular weight is 410 g/mol. The van der Waals surface area contributed by atoms with E-state index in [1.165, 1.54) is 40.4 Å². The third kappa shape index (κ3) is 2.90. The lowest BCUT2D eigenvalue weighted by molar-refractivity contribution is 0.626. The molecule has 0 radical (unpaired) electrons. The van der Waals surface area contributed by atoms with Crippen molar-refractivity contribution in [1.82, 2.24) is 9.13 Å². The van der Waals surface area contributed by atoms with Crippen molar-refractivity contribution in [3.8, 4) is 22.6 Å². The molecule has 0 unspecified atom stereocenters. The van der Waals surface area contributed by atoms with Crippen LogP contribution in [0.2, 0.25) is 0 Å². The van der Waals surface area contributed by atoms with Crippen LogP contribution in [-0.4, -0.2) is 9.13 Å². The summed E-state index contributed by atoms with van der Waals surface area (Å²) in [6, 6.07) is 26.2. The standard InChI is InChI=1S/C27H20F2N2/c28-20-10-8-18(9-11-20)17-31-25-7-2-1-6-22(25)23-14-15-30-24(12-13-26(30)27(23)31)19-4-3-5-21(29)16-19/h1-13,16H,14-15,17H2. The summed E-state index contributed by atoms with van der Waals surface area (Å²) in [5, 5.41) is 1.26. The molecular weight excluding hydrogens is 390 g/mol. The number of aryl methyl sites for hydroxylation is 1. The fraction of sp³-hybridized carbons (Fsp3) is 0.111. The predicted octanol–water partition coefficient (Wildman–Crippen LogP) is 6.66. The minimum Gasteiger partial charge on any atom is -0.339 e. The molecule has 0 N–H and O–H groups in total. The molecule has 3 heterocycles. The largest absolute Gasteiger partial charge is 0.339 e. The van der Waals surface area contributed by atoms with Crippen molar-refractivity contribution in [3.63, 3.8) is 0 Å². The van der Waals surface area contributed by atoms with Crippen LogP contribution in [0, 0.1) is 11.6 Å². The summed E-state index contributed by atoms with van der Waals surface area (Å²) in [6.45, 7) is 1.52. The molecule has 0 bridgehead atoms. The molecule has 2 aromatic heterocycles. The number of aromatic nitrogens is 2. The Hall–Kier alpha value is -3.66. The lowest BCUT2D eigenvalue weighted by Gasteiger charge is -2.22. The van der Waals surface area contributed by atoms with Crippen molar-refractivity contribution in [2.24, 2.45) is 0 Å². The zero-order chi connectivity index (χ0) is 20.9. The van der Waals surface area contributed by atoms with Crippen LogP contribution in [0.4, 0.5) is 8.78 Å². The Morgan fingerprint density at radius 3 is 2.39 bits per heavy atom. The van der Waals surface area contributed by atoms with Gasteiger partial charge in [-0.3, -0.25) is 0 Å². The number of nitrogens with zero attached hydrogens (tertiary/aromatic N) is 2. The summed E-state index contributed by atoms with van der Waals surface area (Å²) in [6.07, 6.45) is 0.913. The summed E-state index contributed by atoms with van der Waals surface area (Å²) in [5.41, 5.74) is 7.82. The van der Waals surface area contributed by atoms with Gasteiger partial charge in [0.05, 0.1) is 11.4 Å². The van der Waals surface area contributed by atoms with Gasteiger partial charge >= 0.3 is 0 Å². The van der Waals surface area contributed by atoms with Gasteiger partial charge in [-0.15, -0.1) is 0 Å². The molecule has 4 heteroatoms. The van der Waals surface area contributed by atoms with E-state index in [4.69, 9.17) is 0 Å². The quantitative estimate of drug-likeness (QED) is 0.315. The highest BCUT2D eigenvalue weighted by Gasteiger charge is 2.26. The maximum Gasteiger partial charge on any atom is 0.123 e. The number of halogens is 2. The van der Waals surface area contributed by atoms with Crippen LogP contribution in [0.25, 0.3) is 33.5 Å². The summed E-state index contributed by atoms with van der Waals surface area (Å²) in [4.78, 5) is 0. The molecule has 0 aliphatic carbocycles. The SMILES string of the molecule is Fc1ccc(Cn2c3c(c4ccccc42)CCn2c(-c4cccc(F)c4)ccc2-3)cc1. The predicted molar refractivity (Wildman–Crippen MR) is 120 cm³/mol. The van der Waals surface area contributed by atoms with Crippen LogP contribution in [0.1, 0.15) is 11.1 Å². The molecular formula is C27H20F2N2. The Morgan fingerprint density at radius 2 is 1.55 bits per heavy atom. The normalized spacial score (nSPS) is 12.7. The Bertz CT molecular complexity index is 1420. The Kier molecular flexibility index (Phi) is 4.06. The summed E-state index contributed by atoms with van der Waals surface area (Å²) in [5.74, 6) is -0.452. The number of fused-ring (bicyclic) bond motifs is 5. The van der Waals surface area contributed by atoms with E-state index in [1.54, 1.807) is 12.1 Å². The number of rotatable bonds is 3. The van der Waals surface area contributed by atoms with E-state index in [-0.39, 0.29) is 11.6 Å². The topological polar surface area (TPSA) is 9.86 Å². The minimum absolute atomic E-state index is 0.225. The van der Waals surface area contributed by atoms with Crippen molar-refractivity contribution >= 4 is 10.9 Å². The Balaban J connectivity index is 1.56. The van der Waals surface area contributed by atoms with Gasteiger partial charge in [-0.25, -0.2) is 8.78 Å². The van der Waals surface area contributed by atoms with E-state index in [9.17, 15) is 8.78 Å². The van der Waals surface area contributed by atoms with Crippen LogP contribution < -0.4 is 0 Å². The van der Waals surface area contributed by atoms with Crippen molar-refractivity contribution in [1.29, 1.82) is 0 Å². The highest BCUT2D eigenvalue weighted by molar-refractivity contribution is 5.92. The third-order valence-electron chi connectivity index (χ3n) is 6.26. The van der Waals surface area contributed by atoms with Gasteiger partial charge < -0.3 is 9.13 Å². The molecule has 0 fully saturated rings. The molecule has 0 atom stereocenters. The molecule has 0 saturated heterocycles. The van der Waals surface area contributed by atoms with Crippen LogP contribution in [0.15, 0.2) is 84.9 Å². The van der Waals surface area contributed by atoms with Gasteiger partial charge in [0.1, 0.15) is 11.6 Å². The minimum atomic E-state index is -0.227. The third-order valence-corrected chi connectivity index (χ3v) is 6.26. The van der Waals surface area contributed by atoms with Gasteiger partial charge in [-0.05, 0) is 60.0 Å². The first-order valence-electron chi connectivity index (χ1n) is 10.5. The van der Waals surface area contributed by atoms with Crippen molar-refractivity contribution in [2.45, 2.75) is 19.5 Å². The van der Waals surface area contributed by atoms with E-state index < -0.39 is 0 Å².